The fraction of sp³-hybridized carbons (Fsp3) is 0.318. The van der Waals surface area contributed by atoms with Crippen LogP contribution in [0.2, 0.25) is 0 Å². The number of nitrogens with zero attached hydrogens (tertiary/aromatic N) is 1. The van der Waals surface area contributed by atoms with Crippen molar-refractivity contribution >= 4 is 11.3 Å². The van der Waals surface area contributed by atoms with Crippen LogP contribution in [0.3, 0.4) is 0 Å². The number of hydrogen-bond donors (Lipinski definition) is 1. The molecule has 0 saturated heterocycles. The first-order valence-electron chi connectivity index (χ1n) is 9.46. The van der Waals surface area contributed by atoms with Gasteiger partial charge in [0.05, 0.1) is 18.3 Å². The highest BCUT2D eigenvalue weighted by atomic mass is 32.1. The van der Waals surface area contributed by atoms with Crippen LogP contribution in [0, 0.1) is 6.92 Å². The number of pyridine rings is 1. The molecule has 1 atom stereocenters. The molecule has 5 nitrogen and oxygen atoms in total. The number of benzene rings is 1. The normalized spacial score (nSPS) is 13.5. The minimum Gasteiger partial charge on any atom is -0.493 e. The number of hydrogen-bond acceptors (Lipinski definition) is 6. The molecule has 28 heavy (non-hydrogen) atoms. The maximum atomic E-state index is 5.84. The lowest BCUT2D eigenvalue weighted by atomic mass is 10.0. The van der Waals surface area contributed by atoms with Gasteiger partial charge in [-0.25, -0.2) is 0 Å². The number of aryl methyl sites for hydroxylation is 1. The summed E-state index contributed by atoms with van der Waals surface area (Å²) in [6.07, 6.45) is 2.74. The van der Waals surface area contributed by atoms with E-state index in [0.717, 1.165) is 34.9 Å². The van der Waals surface area contributed by atoms with Crippen molar-refractivity contribution in [2.45, 2.75) is 32.9 Å². The molecule has 0 saturated carbocycles. The summed E-state index contributed by atoms with van der Waals surface area (Å²) in [6.45, 7) is 5.60. The predicted molar refractivity (Wildman–Crippen MR) is 110 cm³/mol. The second-order valence-electron chi connectivity index (χ2n) is 6.72. The number of rotatable bonds is 8. The SMILES string of the molecule is CCOc1cc2c(cc1CNC(Cc1ccsc1)c1ncccc1C)OCO2. The molecule has 0 amide bonds. The van der Waals surface area contributed by atoms with E-state index in [9.17, 15) is 0 Å². The van der Waals surface area contributed by atoms with Gasteiger partial charge in [0.15, 0.2) is 11.5 Å². The van der Waals surface area contributed by atoms with Gasteiger partial charge in [-0.3, -0.25) is 4.98 Å². The van der Waals surface area contributed by atoms with Crippen LogP contribution < -0.4 is 19.5 Å². The molecule has 3 aromatic rings. The van der Waals surface area contributed by atoms with E-state index in [2.05, 4.69) is 40.1 Å². The van der Waals surface area contributed by atoms with E-state index in [1.165, 1.54) is 11.1 Å². The van der Waals surface area contributed by atoms with Crippen LogP contribution in [0.5, 0.6) is 17.2 Å². The van der Waals surface area contributed by atoms with Gasteiger partial charge in [-0.05, 0) is 60.4 Å². The van der Waals surface area contributed by atoms with Crippen LogP contribution in [0.4, 0.5) is 0 Å². The van der Waals surface area contributed by atoms with Crippen molar-refractivity contribution in [3.63, 3.8) is 0 Å². The van der Waals surface area contributed by atoms with Crippen LogP contribution in [-0.4, -0.2) is 18.4 Å². The van der Waals surface area contributed by atoms with Crippen LogP contribution in [0.1, 0.15) is 35.3 Å². The molecule has 146 valence electrons. The van der Waals surface area contributed by atoms with E-state index < -0.39 is 0 Å². The molecule has 1 aliphatic rings. The number of fused-ring (bicyclic) bond motifs is 1. The van der Waals surface area contributed by atoms with Crippen molar-refractivity contribution in [2.75, 3.05) is 13.4 Å². The predicted octanol–water partition coefficient (Wildman–Crippen LogP) is 4.65. The zero-order valence-corrected chi connectivity index (χ0v) is 16.9. The molecule has 2 aromatic heterocycles. The maximum absolute atomic E-state index is 5.84. The van der Waals surface area contributed by atoms with Gasteiger partial charge in [-0.1, -0.05) is 6.07 Å². The highest BCUT2D eigenvalue weighted by Gasteiger charge is 2.20. The van der Waals surface area contributed by atoms with Crippen LogP contribution in [0.25, 0.3) is 0 Å². The molecule has 0 spiro atoms. The Labute approximate surface area is 169 Å². The quantitative estimate of drug-likeness (QED) is 0.600. The average Bonchev–Trinajstić information content (AvgIpc) is 3.37. The monoisotopic (exact) mass is 396 g/mol. The first-order valence-corrected chi connectivity index (χ1v) is 10.4. The van der Waals surface area contributed by atoms with E-state index in [4.69, 9.17) is 14.2 Å². The summed E-state index contributed by atoms with van der Waals surface area (Å²) in [7, 11) is 0. The van der Waals surface area contributed by atoms with Gasteiger partial charge < -0.3 is 19.5 Å². The van der Waals surface area contributed by atoms with Gasteiger partial charge >= 0.3 is 0 Å². The molecule has 4 rings (SSSR count). The average molecular weight is 397 g/mol. The van der Waals surface area contributed by atoms with Gasteiger partial charge in [0.2, 0.25) is 6.79 Å². The van der Waals surface area contributed by atoms with Gasteiger partial charge in [0, 0.05) is 24.4 Å². The maximum Gasteiger partial charge on any atom is 0.231 e. The van der Waals surface area contributed by atoms with Gasteiger partial charge in [-0.15, -0.1) is 0 Å². The summed E-state index contributed by atoms with van der Waals surface area (Å²) < 4.78 is 16.9. The topological polar surface area (TPSA) is 52.6 Å². The minimum absolute atomic E-state index is 0.107. The zero-order valence-electron chi connectivity index (χ0n) is 16.1. The Hall–Kier alpha value is -2.57. The lowest BCUT2D eigenvalue weighted by Gasteiger charge is -2.21. The second-order valence-corrected chi connectivity index (χ2v) is 7.50. The third-order valence-electron chi connectivity index (χ3n) is 4.79. The van der Waals surface area contributed by atoms with Crippen molar-refractivity contribution in [2.24, 2.45) is 0 Å². The fourth-order valence-electron chi connectivity index (χ4n) is 3.40. The summed E-state index contributed by atoms with van der Waals surface area (Å²) in [6, 6.07) is 10.3. The molecular formula is C22H24N2O3S. The molecule has 1 aliphatic heterocycles. The van der Waals surface area contributed by atoms with Crippen molar-refractivity contribution in [1.29, 1.82) is 0 Å². The van der Waals surface area contributed by atoms with Crippen LogP contribution in [-0.2, 0) is 13.0 Å². The Kier molecular flexibility index (Phi) is 5.78. The number of ether oxygens (including phenoxy) is 3. The molecule has 0 aliphatic carbocycles. The Morgan fingerprint density at radius 3 is 2.86 bits per heavy atom. The molecule has 0 fully saturated rings. The number of aromatic nitrogens is 1. The van der Waals surface area contributed by atoms with E-state index in [-0.39, 0.29) is 12.8 Å². The van der Waals surface area contributed by atoms with Gasteiger partial charge in [0.1, 0.15) is 5.75 Å². The largest absolute Gasteiger partial charge is 0.493 e. The van der Waals surface area contributed by atoms with Gasteiger partial charge in [0.25, 0.3) is 0 Å². The van der Waals surface area contributed by atoms with E-state index in [1.54, 1.807) is 11.3 Å². The standard InChI is InChI=1S/C22H24N2O3S/c1-3-25-19-11-21-20(26-14-27-21)10-17(19)12-24-18(9-16-6-8-28-13-16)22-15(2)5-4-7-23-22/h4-8,10-11,13,18,24H,3,9,12,14H2,1-2H3. The lowest BCUT2D eigenvalue weighted by molar-refractivity contribution is 0.173. The second kappa shape index (κ2) is 8.63. The molecule has 6 heteroatoms. The highest BCUT2D eigenvalue weighted by molar-refractivity contribution is 7.07. The smallest absolute Gasteiger partial charge is 0.231 e. The van der Waals surface area contributed by atoms with Gasteiger partial charge in [-0.2, -0.15) is 11.3 Å². The third-order valence-corrected chi connectivity index (χ3v) is 5.53. The number of nitrogens with one attached hydrogen (secondary N) is 1. The molecule has 1 N–H and O–H groups in total. The number of thiophene rings is 1. The van der Waals surface area contributed by atoms with E-state index >= 15 is 0 Å². The van der Waals surface area contributed by atoms with E-state index in [1.807, 2.05) is 31.3 Å². The lowest BCUT2D eigenvalue weighted by Crippen LogP contribution is -2.25. The van der Waals surface area contributed by atoms with Crippen molar-refractivity contribution in [3.05, 3.63) is 69.7 Å². The van der Waals surface area contributed by atoms with E-state index in [0.29, 0.717) is 13.2 Å². The third kappa shape index (κ3) is 4.13. The highest BCUT2D eigenvalue weighted by Crippen LogP contribution is 2.38. The summed E-state index contributed by atoms with van der Waals surface area (Å²) in [5.74, 6) is 2.33. The fourth-order valence-corrected chi connectivity index (χ4v) is 4.08. The Morgan fingerprint density at radius 2 is 2.11 bits per heavy atom. The summed E-state index contributed by atoms with van der Waals surface area (Å²) in [4.78, 5) is 4.65. The van der Waals surface area contributed by atoms with Crippen molar-refractivity contribution < 1.29 is 14.2 Å². The summed E-state index contributed by atoms with van der Waals surface area (Å²) >= 11 is 1.72. The first-order chi connectivity index (χ1) is 13.7. The Balaban J connectivity index is 1.58. The Morgan fingerprint density at radius 1 is 1.25 bits per heavy atom. The molecule has 0 radical (unpaired) electrons. The zero-order chi connectivity index (χ0) is 19.3. The molecule has 1 aromatic carbocycles. The van der Waals surface area contributed by atoms with Crippen LogP contribution >= 0.6 is 11.3 Å². The molecule has 0 bridgehead atoms. The minimum atomic E-state index is 0.107. The summed E-state index contributed by atoms with van der Waals surface area (Å²) in [5, 5.41) is 7.99. The van der Waals surface area contributed by atoms with Crippen molar-refractivity contribution in [3.8, 4) is 17.2 Å². The summed E-state index contributed by atoms with van der Waals surface area (Å²) in [5.41, 5.74) is 4.62. The molecular weight excluding hydrogens is 372 g/mol. The van der Waals surface area contributed by atoms with Crippen molar-refractivity contribution in [1.82, 2.24) is 10.3 Å². The van der Waals surface area contributed by atoms with Crippen LogP contribution in [0.15, 0.2) is 47.3 Å². The molecule has 3 heterocycles. The molecule has 1 unspecified atom stereocenters. The first kappa shape index (κ1) is 18.8. The Bertz CT molecular complexity index is 928.